The van der Waals surface area contributed by atoms with E-state index in [9.17, 15) is 4.79 Å². The standard InChI is InChI=1S/C11H11NO.C2H6/c1-2-3-9-11(13)12-10-7-5-4-6-8-10;1-2/h1,4-8H,3,9H2,(H,12,13);1-2H3. The lowest BCUT2D eigenvalue weighted by Crippen LogP contribution is -2.10. The van der Waals surface area contributed by atoms with Crippen LogP contribution in [0.1, 0.15) is 26.7 Å². The molecule has 0 unspecified atom stereocenters. The van der Waals surface area contributed by atoms with Gasteiger partial charge in [0.15, 0.2) is 0 Å². The van der Waals surface area contributed by atoms with Crippen LogP contribution in [0.25, 0.3) is 0 Å². The Morgan fingerprint density at radius 1 is 1.33 bits per heavy atom. The zero-order valence-corrected chi connectivity index (χ0v) is 9.29. The van der Waals surface area contributed by atoms with E-state index in [2.05, 4.69) is 11.2 Å². The molecule has 1 amide bonds. The monoisotopic (exact) mass is 203 g/mol. The van der Waals surface area contributed by atoms with Crippen LogP contribution >= 0.6 is 0 Å². The molecule has 0 aliphatic rings. The number of amides is 1. The molecule has 0 bridgehead atoms. The first-order valence-corrected chi connectivity index (χ1v) is 5.11. The summed E-state index contributed by atoms with van der Waals surface area (Å²) in [4.78, 5) is 11.2. The number of terminal acetylenes is 1. The van der Waals surface area contributed by atoms with Crippen LogP contribution in [0.4, 0.5) is 5.69 Å². The molecule has 0 aromatic heterocycles. The molecule has 0 aliphatic heterocycles. The maximum absolute atomic E-state index is 11.2. The van der Waals surface area contributed by atoms with E-state index >= 15 is 0 Å². The Morgan fingerprint density at radius 2 is 1.93 bits per heavy atom. The van der Waals surface area contributed by atoms with Gasteiger partial charge in [-0.05, 0) is 12.1 Å². The summed E-state index contributed by atoms with van der Waals surface area (Å²) in [6.07, 6.45) is 5.91. The predicted octanol–water partition coefficient (Wildman–Crippen LogP) is 3.06. The number of carbonyl (C=O) groups is 1. The molecule has 1 aromatic carbocycles. The summed E-state index contributed by atoms with van der Waals surface area (Å²) in [5.74, 6) is 2.39. The van der Waals surface area contributed by atoms with E-state index in [1.807, 2.05) is 44.2 Å². The van der Waals surface area contributed by atoms with Crippen molar-refractivity contribution in [2.45, 2.75) is 26.7 Å². The number of nitrogens with one attached hydrogen (secondary N) is 1. The lowest BCUT2D eigenvalue weighted by molar-refractivity contribution is -0.116. The van der Waals surface area contributed by atoms with Gasteiger partial charge < -0.3 is 5.32 Å². The molecule has 0 saturated carbocycles. The van der Waals surface area contributed by atoms with Crippen LogP contribution in [0, 0.1) is 12.3 Å². The van der Waals surface area contributed by atoms with Gasteiger partial charge in [-0.25, -0.2) is 0 Å². The van der Waals surface area contributed by atoms with Gasteiger partial charge in [-0.3, -0.25) is 4.79 Å². The molecule has 0 heterocycles. The second-order valence-corrected chi connectivity index (χ2v) is 2.62. The fourth-order valence-electron chi connectivity index (χ4n) is 0.931. The van der Waals surface area contributed by atoms with Crippen molar-refractivity contribution < 1.29 is 4.79 Å². The van der Waals surface area contributed by atoms with Crippen LogP contribution in [0.3, 0.4) is 0 Å². The van der Waals surface area contributed by atoms with E-state index in [0.29, 0.717) is 12.8 Å². The van der Waals surface area contributed by atoms with E-state index < -0.39 is 0 Å². The Bertz CT molecular complexity index is 311. The van der Waals surface area contributed by atoms with Crippen LogP contribution in [-0.4, -0.2) is 5.91 Å². The van der Waals surface area contributed by atoms with Crippen molar-refractivity contribution in [3.8, 4) is 12.3 Å². The molecule has 0 spiro atoms. The SMILES string of the molecule is C#CCCC(=O)Nc1ccccc1.CC. The number of hydrogen-bond donors (Lipinski definition) is 1. The lowest BCUT2D eigenvalue weighted by Gasteiger charge is -2.02. The molecule has 1 N–H and O–H groups in total. The Morgan fingerprint density at radius 3 is 2.47 bits per heavy atom. The molecule has 2 nitrogen and oxygen atoms in total. The minimum absolute atomic E-state index is 0.0378. The average Bonchev–Trinajstić information content (AvgIpc) is 2.30. The fourth-order valence-corrected chi connectivity index (χ4v) is 0.931. The normalized spacial score (nSPS) is 8.07. The van der Waals surface area contributed by atoms with Gasteiger partial charge in [-0.1, -0.05) is 32.0 Å². The predicted molar refractivity (Wildman–Crippen MR) is 64.5 cm³/mol. The minimum Gasteiger partial charge on any atom is -0.326 e. The molecule has 80 valence electrons. The van der Waals surface area contributed by atoms with Crippen LogP contribution in [-0.2, 0) is 4.79 Å². The minimum atomic E-state index is -0.0378. The molecule has 15 heavy (non-hydrogen) atoms. The smallest absolute Gasteiger partial charge is 0.225 e. The molecule has 0 aliphatic carbocycles. The van der Waals surface area contributed by atoms with Crippen molar-refractivity contribution >= 4 is 11.6 Å². The lowest BCUT2D eigenvalue weighted by atomic mass is 10.3. The van der Waals surface area contributed by atoms with Crippen molar-refractivity contribution in [1.82, 2.24) is 0 Å². The van der Waals surface area contributed by atoms with E-state index in [1.54, 1.807) is 0 Å². The highest BCUT2D eigenvalue weighted by Gasteiger charge is 1.98. The molecule has 2 heteroatoms. The summed E-state index contributed by atoms with van der Waals surface area (Å²) in [7, 11) is 0. The highest BCUT2D eigenvalue weighted by Crippen LogP contribution is 2.05. The molecule has 0 fully saturated rings. The first kappa shape index (κ1) is 13.2. The van der Waals surface area contributed by atoms with Gasteiger partial charge in [0.2, 0.25) is 5.91 Å². The van der Waals surface area contributed by atoms with Gasteiger partial charge in [-0.2, -0.15) is 0 Å². The van der Waals surface area contributed by atoms with Crippen LogP contribution in [0.2, 0.25) is 0 Å². The second-order valence-electron chi connectivity index (χ2n) is 2.62. The quantitative estimate of drug-likeness (QED) is 0.751. The molecular weight excluding hydrogens is 186 g/mol. The Kier molecular flexibility index (Phi) is 7.80. The Labute approximate surface area is 91.7 Å². The zero-order valence-electron chi connectivity index (χ0n) is 9.29. The third-order valence-electron chi connectivity index (χ3n) is 1.55. The summed E-state index contributed by atoms with van der Waals surface area (Å²) >= 11 is 0. The third-order valence-corrected chi connectivity index (χ3v) is 1.55. The van der Waals surface area contributed by atoms with Gasteiger partial charge >= 0.3 is 0 Å². The van der Waals surface area contributed by atoms with Crippen molar-refractivity contribution in [3.63, 3.8) is 0 Å². The Hall–Kier alpha value is -1.75. The second kappa shape index (κ2) is 8.83. The topological polar surface area (TPSA) is 29.1 Å². The molecule has 0 saturated heterocycles. The molecule has 0 radical (unpaired) electrons. The van der Waals surface area contributed by atoms with Gasteiger partial charge in [0.05, 0.1) is 0 Å². The van der Waals surface area contributed by atoms with E-state index in [4.69, 9.17) is 6.42 Å². The zero-order chi connectivity index (χ0) is 11.5. The van der Waals surface area contributed by atoms with Crippen molar-refractivity contribution in [2.24, 2.45) is 0 Å². The van der Waals surface area contributed by atoms with Crippen molar-refractivity contribution in [1.29, 1.82) is 0 Å². The number of benzene rings is 1. The van der Waals surface area contributed by atoms with E-state index in [-0.39, 0.29) is 5.91 Å². The first-order chi connectivity index (χ1) is 7.33. The number of para-hydroxylation sites is 1. The average molecular weight is 203 g/mol. The van der Waals surface area contributed by atoms with Gasteiger partial charge in [0.1, 0.15) is 0 Å². The van der Waals surface area contributed by atoms with Crippen molar-refractivity contribution in [2.75, 3.05) is 5.32 Å². The van der Waals surface area contributed by atoms with Crippen LogP contribution in [0.5, 0.6) is 0 Å². The maximum atomic E-state index is 11.2. The van der Waals surface area contributed by atoms with E-state index in [1.165, 1.54) is 0 Å². The fraction of sp³-hybridized carbons (Fsp3) is 0.308. The number of hydrogen-bond acceptors (Lipinski definition) is 1. The summed E-state index contributed by atoms with van der Waals surface area (Å²) in [6, 6.07) is 9.33. The highest BCUT2D eigenvalue weighted by atomic mass is 16.1. The summed E-state index contributed by atoms with van der Waals surface area (Å²) < 4.78 is 0. The molecular formula is C13H17NO. The van der Waals surface area contributed by atoms with Crippen LogP contribution < -0.4 is 5.32 Å². The number of anilines is 1. The molecule has 1 aromatic rings. The number of rotatable bonds is 3. The Balaban J connectivity index is 0.000000921. The number of carbonyl (C=O) groups excluding carboxylic acids is 1. The maximum Gasteiger partial charge on any atom is 0.225 e. The van der Waals surface area contributed by atoms with Crippen molar-refractivity contribution in [3.05, 3.63) is 30.3 Å². The van der Waals surface area contributed by atoms with Gasteiger partial charge in [0, 0.05) is 18.5 Å². The van der Waals surface area contributed by atoms with Gasteiger partial charge in [0.25, 0.3) is 0 Å². The molecule has 0 atom stereocenters. The first-order valence-electron chi connectivity index (χ1n) is 5.11. The summed E-state index contributed by atoms with van der Waals surface area (Å²) in [5, 5.41) is 2.74. The van der Waals surface area contributed by atoms with Crippen LogP contribution in [0.15, 0.2) is 30.3 Å². The largest absolute Gasteiger partial charge is 0.326 e. The van der Waals surface area contributed by atoms with E-state index in [0.717, 1.165) is 5.69 Å². The summed E-state index contributed by atoms with van der Waals surface area (Å²) in [5.41, 5.74) is 0.810. The van der Waals surface area contributed by atoms with Gasteiger partial charge in [-0.15, -0.1) is 12.3 Å². The highest BCUT2D eigenvalue weighted by molar-refractivity contribution is 5.90. The molecule has 1 rings (SSSR count). The third kappa shape index (κ3) is 6.34. The summed E-state index contributed by atoms with van der Waals surface area (Å²) in [6.45, 7) is 4.00.